The highest BCUT2D eigenvalue weighted by Gasteiger charge is 2.03. The number of aliphatic carboxylic acids is 1. The van der Waals surface area contributed by atoms with E-state index >= 15 is 0 Å². The highest BCUT2D eigenvalue weighted by molar-refractivity contribution is 5.66. The molecule has 66 valence electrons. The van der Waals surface area contributed by atoms with Crippen LogP contribution in [-0.2, 0) is 11.3 Å². The number of carboxylic acid groups (broad SMARTS) is 1. The summed E-state index contributed by atoms with van der Waals surface area (Å²) in [7, 11) is 0. The van der Waals surface area contributed by atoms with Gasteiger partial charge >= 0.3 is 5.97 Å². The predicted octanol–water partition coefficient (Wildman–Crippen LogP) is 0.975. The molecule has 0 aromatic carbocycles. The summed E-state index contributed by atoms with van der Waals surface area (Å²) in [5.74, 6) is -0.789. The lowest BCUT2D eigenvalue weighted by Gasteiger charge is -2.01. The zero-order valence-corrected chi connectivity index (χ0v) is 7.24. The second-order valence-corrected chi connectivity index (χ2v) is 2.78. The molecule has 0 radical (unpaired) electrons. The van der Waals surface area contributed by atoms with E-state index < -0.39 is 5.97 Å². The molecule has 1 aromatic rings. The molecule has 0 amide bonds. The van der Waals surface area contributed by atoms with E-state index in [0.717, 1.165) is 11.3 Å². The number of carbonyl (C=O) groups is 1. The van der Waals surface area contributed by atoms with Crippen molar-refractivity contribution in [2.45, 2.75) is 26.8 Å². The number of nitrogens with zero attached hydrogens (tertiary/aromatic N) is 2. The molecule has 0 saturated carbocycles. The molecule has 0 bridgehead atoms. The van der Waals surface area contributed by atoms with Gasteiger partial charge in [0, 0.05) is 5.69 Å². The third kappa shape index (κ3) is 1.84. The molecular formula is C8H12N2O2. The van der Waals surface area contributed by atoms with Crippen LogP contribution in [0.1, 0.15) is 17.7 Å². The Balaban J connectivity index is 2.63. The van der Waals surface area contributed by atoms with Crippen LogP contribution in [0.3, 0.4) is 0 Å². The molecule has 0 unspecified atom stereocenters. The van der Waals surface area contributed by atoms with E-state index in [4.69, 9.17) is 5.11 Å². The van der Waals surface area contributed by atoms with Crippen molar-refractivity contribution in [2.75, 3.05) is 0 Å². The van der Waals surface area contributed by atoms with Gasteiger partial charge in [0.1, 0.15) is 0 Å². The summed E-state index contributed by atoms with van der Waals surface area (Å²) < 4.78 is 1.71. The van der Waals surface area contributed by atoms with Gasteiger partial charge in [-0.1, -0.05) is 0 Å². The van der Waals surface area contributed by atoms with Crippen molar-refractivity contribution in [2.24, 2.45) is 0 Å². The van der Waals surface area contributed by atoms with Gasteiger partial charge in [0.2, 0.25) is 0 Å². The lowest BCUT2D eigenvalue weighted by Crippen LogP contribution is -2.07. The highest BCUT2D eigenvalue weighted by atomic mass is 16.4. The average Bonchev–Trinajstić information content (AvgIpc) is 2.30. The normalized spacial score (nSPS) is 10.2. The van der Waals surface area contributed by atoms with E-state index in [1.165, 1.54) is 0 Å². The van der Waals surface area contributed by atoms with Crippen LogP contribution in [-0.4, -0.2) is 20.9 Å². The summed E-state index contributed by atoms with van der Waals surface area (Å²) in [5.41, 5.74) is 2.14. The molecule has 0 aliphatic heterocycles. The Morgan fingerprint density at radius 3 is 2.75 bits per heavy atom. The minimum absolute atomic E-state index is 0.127. The van der Waals surface area contributed by atoms with E-state index in [1.54, 1.807) is 10.9 Å². The lowest BCUT2D eigenvalue weighted by molar-refractivity contribution is -0.137. The van der Waals surface area contributed by atoms with Gasteiger partial charge in [-0.3, -0.25) is 9.48 Å². The van der Waals surface area contributed by atoms with Crippen LogP contribution < -0.4 is 0 Å². The number of aryl methyl sites for hydroxylation is 2. The van der Waals surface area contributed by atoms with Crippen molar-refractivity contribution >= 4 is 5.97 Å². The van der Waals surface area contributed by atoms with Crippen molar-refractivity contribution < 1.29 is 9.90 Å². The maximum Gasteiger partial charge on any atom is 0.305 e. The Morgan fingerprint density at radius 2 is 2.33 bits per heavy atom. The largest absolute Gasteiger partial charge is 0.481 e. The number of hydrogen-bond donors (Lipinski definition) is 1. The van der Waals surface area contributed by atoms with Crippen LogP contribution >= 0.6 is 0 Å². The number of hydrogen-bond acceptors (Lipinski definition) is 2. The Bertz CT molecular complexity index is 291. The summed E-state index contributed by atoms with van der Waals surface area (Å²) in [6, 6.07) is 0. The van der Waals surface area contributed by atoms with E-state index in [0.29, 0.717) is 6.54 Å². The topological polar surface area (TPSA) is 55.1 Å². The van der Waals surface area contributed by atoms with Gasteiger partial charge in [0.25, 0.3) is 0 Å². The molecule has 1 N–H and O–H groups in total. The molecule has 0 fully saturated rings. The van der Waals surface area contributed by atoms with Gasteiger partial charge < -0.3 is 5.11 Å². The third-order valence-corrected chi connectivity index (χ3v) is 1.89. The Labute approximate surface area is 70.8 Å². The van der Waals surface area contributed by atoms with Crippen molar-refractivity contribution in [1.82, 2.24) is 9.78 Å². The highest BCUT2D eigenvalue weighted by Crippen LogP contribution is 2.04. The van der Waals surface area contributed by atoms with Crippen molar-refractivity contribution in [3.05, 3.63) is 17.5 Å². The van der Waals surface area contributed by atoms with Crippen molar-refractivity contribution in [3.8, 4) is 0 Å². The third-order valence-electron chi connectivity index (χ3n) is 1.89. The first kappa shape index (κ1) is 8.77. The summed E-state index contributed by atoms with van der Waals surface area (Å²) in [5, 5.41) is 12.5. The van der Waals surface area contributed by atoms with Crippen LogP contribution in [0.25, 0.3) is 0 Å². The maximum absolute atomic E-state index is 10.2. The Hall–Kier alpha value is -1.32. The summed E-state index contributed by atoms with van der Waals surface area (Å²) in [6.45, 7) is 4.35. The fourth-order valence-electron chi connectivity index (χ4n) is 0.967. The van der Waals surface area contributed by atoms with Gasteiger partial charge in [-0.2, -0.15) is 5.10 Å². The second-order valence-electron chi connectivity index (χ2n) is 2.78. The molecule has 0 aliphatic carbocycles. The summed E-state index contributed by atoms with van der Waals surface area (Å²) in [4.78, 5) is 10.2. The SMILES string of the molecule is Cc1cnn(CCC(=O)O)c1C. The molecule has 4 nitrogen and oxygen atoms in total. The van der Waals surface area contributed by atoms with Gasteiger partial charge in [0.15, 0.2) is 0 Å². The number of rotatable bonds is 3. The quantitative estimate of drug-likeness (QED) is 0.731. The van der Waals surface area contributed by atoms with Crippen LogP contribution in [0.4, 0.5) is 0 Å². The fourth-order valence-corrected chi connectivity index (χ4v) is 0.967. The first-order chi connectivity index (χ1) is 5.61. The van der Waals surface area contributed by atoms with Crippen LogP contribution in [0.2, 0.25) is 0 Å². The smallest absolute Gasteiger partial charge is 0.305 e. The van der Waals surface area contributed by atoms with E-state index in [1.807, 2.05) is 13.8 Å². The predicted molar refractivity (Wildman–Crippen MR) is 44.0 cm³/mol. The zero-order chi connectivity index (χ0) is 9.14. The van der Waals surface area contributed by atoms with Crippen LogP contribution in [0, 0.1) is 13.8 Å². The molecule has 1 heterocycles. The molecule has 1 aromatic heterocycles. The summed E-state index contributed by atoms with van der Waals surface area (Å²) >= 11 is 0. The van der Waals surface area contributed by atoms with Crippen LogP contribution in [0.5, 0.6) is 0 Å². The minimum Gasteiger partial charge on any atom is -0.481 e. The fraction of sp³-hybridized carbons (Fsp3) is 0.500. The van der Waals surface area contributed by atoms with E-state index in [-0.39, 0.29) is 6.42 Å². The molecule has 0 spiro atoms. The molecule has 1 rings (SSSR count). The van der Waals surface area contributed by atoms with Gasteiger partial charge in [-0.05, 0) is 19.4 Å². The van der Waals surface area contributed by atoms with Gasteiger partial charge in [-0.25, -0.2) is 0 Å². The Kier molecular flexibility index (Phi) is 2.47. The molecule has 0 saturated heterocycles. The van der Waals surface area contributed by atoms with Crippen LogP contribution in [0.15, 0.2) is 6.20 Å². The first-order valence-corrected chi connectivity index (χ1v) is 3.82. The average molecular weight is 168 g/mol. The first-order valence-electron chi connectivity index (χ1n) is 3.82. The van der Waals surface area contributed by atoms with Crippen molar-refractivity contribution in [1.29, 1.82) is 0 Å². The maximum atomic E-state index is 10.2. The zero-order valence-electron chi connectivity index (χ0n) is 7.24. The van der Waals surface area contributed by atoms with Gasteiger partial charge in [0.05, 0.1) is 19.2 Å². The molecule has 4 heteroatoms. The number of carboxylic acids is 1. The Morgan fingerprint density at radius 1 is 1.67 bits per heavy atom. The second kappa shape index (κ2) is 3.38. The molecular weight excluding hydrogens is 156 g/mol. The summed E-state index contributed by atoms with van der Waals surface area (Å²) in [6.07, 6.45) is 1.87. The van der Waals surface area contributed by atoms with Crippen molar-refractivity contribution in [3.63, 3.8) is 0 Å². The monoisotopic (exact) mass is 168 g/mol. The van der Waals surface area contributed by atoms with E-state index in [2.05, 4.69) is 5.10 Å². The minimum atomic E-state index is -0.789. The van der Waals surface area contributed by atoms with E-state index in [9.17, 15) is 4.79 Å². The number of aromatic nitrogens is 2. The molecule has 0 atom stereocenters. The lowest BCUT2D eigenvalue weighted by atomic mass is 10.3. The molecule has 0 aliphatic rings. The van der Waals surface area contributed by atoms with Gasteiger partial charge in [-0.15, -0.1) is 0 Å². The standard InChI is InChI=1S/C8H12N2O2/c1-6-5-9-10(7(6)2)4-3-8(11)12/h5H,3-4H2,1-2H3,(H,11,12). The molecule has 12 heavy (non-hydrogen) atoms.